The van der Waals surface area contributed by atoms with Crippen molar-refractivity contribution in [3.8, 4) is 0 Å². The minimum absolute atomic E-state index is 0.0199. The molecule has 1 aliphatic rings. The second-order valence-electron chi connectivity index (χ2n) is 4.33. The summed E-state index contributed by atoms with van der Waals surface area (Å²) in [6.45, 7) is 3.11. The molecule has 1 aromatic rings. The highest BCUT2D eigenvalue weighted by Crippen LogP contribution is 2.25. The van der Waals surface area contributed by atoms with Crippen molar-refractivity contribution in [2.75, 3.05) is 11.4 Å². The summed E-state index contributed by atoms with van der Waals surface area (Å²) in [7, 11) is 0. The Hall–Kier alpha value is -1.45. The molecule has 4 nitrogen and oxygen atoms in total. The summed E-state index contributed by atoms with van der Waals surface area (Å²) in [4.78, 5) is 12.9. The largest absolute Gasteiger partial charge is 0.475 e. The number of hydrogen-bond acceptors (Lipinski definition) is 3. The Balaban J connectivity index is 2.17. The highest BCUT2D eigenvalue weighted by molar-refractivity contribution is 5.84. The normalized spacial score (nSPS) is 21.8. The van der Waals surface area contributed by atoms with Crippen molar-refractivity contribution in [3.05, 3.63) is 17.9 Å². The van der Waals surface area contributed by atoms with Crippen LogP contribution in [-0.2, 0) is 0 Å². The van der Waals surface area contributed by atoms with Gasteiger partial charge in [-0.3, -0.25) is 0 Å². The molecule has 1 saturated heterocycles. The molecule has 1 fully saturated rings. The zero-order chi connectivity index (χ0) is 11.5. The number of hydrogen-bond donors (Lipinski definition) is 1. The fourth-order valence-corrected chi connectivity index (χ4v) is 2.20. The van der Waals surface area contributed by atoms with Gasteiger partial charge in [0.05, 0.1) is 0 Å². The van der Waals surface area contributed by atoms with Crippen LogP contribution in [0.5, 0.6) is 0 Å². The van der Waals surface area contributed by atoms with Crippen molar-refractivity contribution >= 4 is 11.9 Å². The molecule has 1 aromatic heterocycles. The second kappa shape index (κ2) is 4.60. The van der Waals surface area contributed by atoms with Crippen molar-refractivity contribution in [1.82, 2.24) is 0 Å². The van der Waals surface area contributed by atoms with Gasteiger partial charge in [-0.1, -0.05) is 12.8 Å². The van der Waals surface area contributed by atoms with E-state index in [0.717, 1.165) is 19.4 Å². The molecule has 0 radical (unpaired) electrons. The van der Waals surface area contributed by atoms with Gasteiger partial charge >= 0.3 is 5.97 Å². The summed E-state index contributed by atoms with van der Waals surface area (Å²) in [5.41, 5.74) is 0. The third-order valence-corrected chi connectivity index (χ3v) is 3.14. The van der Waals surface area contributed by atoms with Crippen molar-refractivity contribution in [3.63, 3.8) is 0 Å². The fourth-order valence-electron chi connectivity index (χ4n) is 2.20. The maximum atomic E-state index is 10.7. The number of furan rings is 1. The highest BCUT2D eigenvalue weighted by atomic mass is 16.4. The minimum Gasteiger partial charge on any atom is -0.475 e. The molecule has 4 heteroatoms. The van der Waals surface area contributed by atoms with Gasteiger partial charge in [-0.25, -0.2) is 4.79 Å². The minimum atomic E-state index is -1.01. The summed E-state index contributed by atoms with van der Waals surface area (Å²) < 4.78 is 5.34. The molecule has 0 saturated carbocycles. The van der Waals surface area contributed by atoms with Gasteiger partial charge in [0.25, 0.3) is 0 Å². The predicted molar refractivity (Wildman–Crippen MR) is 60.9 cm³/mol. The van der Waals surface area contributed by atoms with Crippen LogP contribution in [0.3, 0.4) is 0 Å². The number of carboxylic acid groups (broad SMARTS) is 1. The molecule has 2 heterocycles. The number of carbonyl (C=O) groups is 1. The molecule has 1 N–H and O–H groups in total. The van der Waals surface area contributed by atoms with E-state index in [1.165, 1.54) is 18.9 Å². The number of anilines is 1. The van der Waals surface area contributed by atoms with E-state index in [1.807, 2.05) is 0 Å². The van der Waals surface area contributed by atoms with Crippen molar-refractivity contribution < 1.29 is 14.3 Å². The van der Waals surface area contributed by atoms with Crippen molar-refractivity contribution in [2.24, 2.45) is 0 Å². The van der Waals surface area contributed by atoms with Crippen LogP contribution in [0, 0.1) is 0 Å². The zero-order valence-electron chi connectivity index (χ0n) is 9.48. The average Bonchev–Trinajstić information content (AvgIpc) is 2.63. The fraction of sp³-hybridized carbons (Fsp3) is 0.583. The Bertz CT molecular complexity index is 372. The lowest BCUT2D eigenvalue weighted by atomic mass is 10.1. The first-order valence-electron chi connectivity index (χ1n) is 5.78. The van der Waals surface area contributed by atoms with Gasteiger partial charge in [0.2, 0.25) is 5.76 Å². The second-order valence-corrected chi connectivity index (χ2v) is 4.33. The summed E-state index contributed by atoms with van der Waals surface area (Å²) in [6.07, 6.45) is 4.77. The number of rotatable bonds is 2. The smallest absolute Gasteiger partial charge is 0.371 e. The van der Waals surface area contributed by atoms with Crippen LogP contribution in [0.1, 0.15) is 43.2 Å². The maximum Gasteiger partial charge on any atom is 0.371 e. The summed E-state index contributed by atoms with van der Waals surface area (Å²) >= 11 is 0. The molecule has 0 aliphatic carbocycles. The highest BCUT2D eigenvalue weighted by Gasteiger charge is 2.21. The van der Waals surface area contributed by atoms with E-state index in [9.17, 15) is 4.79 Å². The molecule has 1 atom stereocenters. The standard InChI is InChI=1S/C12H17NO3/c1-9-5-3-2-4-8-13(9)11-7-6-10(16-11)12(14)15/h6-7,9H,2-5,8H2,1H3,(H,14,15). The van der Waals surface area contributed by atoms with Crippen LogP contribution < -0.4 is 4.90 Å². The maximum absolute atomic E-state index is 10.7. The number of carboxylic acids is 1. The number of nitrogens with zero attached hydrogens (tertiary/aromatic N) is 1. The molecule has 1 unspecified atom stereocenters. The van der Waals surface area contributed by atoms with E-state index in [1.54, 1.807) is 6.07 Å². The molecule has 0 amide bonds. The monoisotopic (exact) mass is 223 g/mol. The number of aromatic carboxylic acids is 1. The van der Waals surface area contributed by atoms with E-state index < -0.39 is 5.97 Å². The Morgan fingerprint density at radius 2 is 2.25 bits per heavy atom. The first-order valence-corrected chi connectivity index (χ1v) is 5.78. The SMILES string of the molecule is CC1CCCCCN1c1ccc(C(=O)O)o1. The van der Waals surface area contributed by atoms with Gasteiger partial charge in [0.1, 0.15) is 0 Å². The van der Waals surface area contributed by atoms with Crippen molar-refractivity contribution in [2.45, 2.75) is 38.6 Å². The van der Waals surface area contributed by atoms with Gasteiger partial charge < -0.3 is 14.4 Å². The molecule has 2 rings (SSSR count). The molecule has 0 aromatic carbocycles. The van der Waals surface area contributed by atoms with E-state index in [4.69, 9.17) is 9.52 Å². The first-order chi connectivity index (χ1) is 7.68. The zero-order valence-corrected chi connectivity index (χ0v) is 9.48. The van der Waals surface area contributed by atoms with E-state index >= 15 is 0 Å². The van der Waals surface area contributed by atoms with E-state index in [2.05, 4.69) is 11.8 Å². The van der Waals surface area contributed by atoms with Gasteiger partial charge in [0, 0.05) is 18.7 Å². The quantitative estimate of drug-likeness (QED) is 0.837. The predicted octanol–water partition coefficient (Wildman–Crippen LogP) is 2.75. The van der Waals surface area contributed by atoms with Crippen LogP contribution in [0.4, 0.5) is 5.88 Å². The summed E-state index contributed by atoms with van der Waals surface area (Å²) in [6, 6.07) is 3.70. The molecular formula is C12H17NO3. The van der Waals surface area contributed by atoms with Crippen LogP contribution in [-0.4, -0.2) is 23.7 Å². The Kier molecular flexibility index (Phi) is 3.17. The Morgan fingerprint density at radius 1 is 1.44 bits per heavy atom. The van der Waals surface area contributed by atoms with Gasteiger partial charge in [-0.2, -0.15) is 0 Å². The van der Waals surface area contributed by atoms with E-state index in [-0.39, 0.29) is 5.76 Å². The van der Waals surface area contributed by atoms with Crippen LogP contribution in [0.25, 0.3) is 0 Å². The first kappa shape index (κ1) is 11.0. The summed E-state index contributed by atoms with van der Waals surface area (Å²) in [5, 5.41) is 8.81. The van der Waals surface area contributed by atoms with Crippen LogP contribution >= 0.6 is 0 Å². The van der Waals surface area contributed by atoms with Gasteiger partial charge in [-0.15, -0.1) is 0 Å². The van der Waals surface area contributed by atoms with Gasteiger partial charge in [0.15, 0.2) is 5.88 Å². The Labute approximate surface area is 94.9 Å². The average molecular weight is 223 g/mol. The van der Waals surface area contributed by atoms with Crippen LogP contribution in [0.15, 0.2) is 16.5 Å². The van der Waals surface area contributed by atoms with Crippen molar-refractivity contribution in [1.29, 1.82) is 0 Å². The third kappa shape index (κ3) is 2.21. The molecule has 1 aliphatic heterocycles. The van der Waals surface area contributed by atoms with Crippen LogP contribution in [0.2, 0.25) is 0 Å². The van der Waals surface area contributed by atoms with E-state index in [0.29, 0.717) is 11.9 Å². The lowest BCUT2D eigenvalue weighted by molar-refractivity contribution is 0.0663. The molecule has 88 valence electrons. The summed E-state index contributed by atoms with van der Waals surface area (Å²) in [5.74, 6) is -0.299. The topological polar surface area (TPSA) is 53.7 Å². The Morgan fingerprint density at radius 3 is 2.94 bits per heavy atom. The molecule has 0 bridgehead atoms. The molecule has 16 heavy (non-hydrogen) atoms. The molecule has 0 spiro atoms. The lowest BCUT2D eigenvalue weighted by Crippen LogP contribution is -2.31. The lowest BCUT2D eigenvalue weighted by Gasteiger charge is -2.26. The molecular weight excluding hydrogens is 206 g/mol. The van der Waals surface area contributed by atoms with Gasteiger partial charge in [-0.05, 0) is 25.8 Å². The third-order valence-electron chi connectivity index (χ3n) is 3.14.